The van der Waals surface area contributed by atoms with E-state index in [1.807, 2.05) is 0 Å². The number of hydrogen-bond acceptors (Lipinski definition) is 4. The van der Waals surface area contributed by atoms with Gasteiger partial charge in [0.25, 0.3) is 5.78 Å². The van der Waals surface area contributed by atoms with Gasteiger partial charge >= 0.3 is 12.3 Å². The van der Waals surface area contributed by atoms with Crippen LogP contribution in [0.15, 0.2) is 24.3 Å². The fourth-order valence-corrected chi connectivity index (χ4v) is 1.69. The second-order valence-corrected chi connectivity index (χ2v) is 5.72. The van der Waals surface area contributed by atoms with Gasteiger partial charge in [0.05, 0.1) is 0 Å². The van der Waals surface area contributed by atoms with Crippen molar-refractivity contribution in [3.63, 3.8) is 0 Å². The summed E-state index contributed by atoms with van der Waals surface area (Å²) in [7, 11) is 0. The van der Waals surface area contributed by atoms with Crippen LogP contribution in [0.4, 0.5) is 4.79 Å². The molecule has 0 bridgehead atoms. The van der Waals surface area contributed by atoms with Gasteiger partial charge in [-0.1, -0.05) is 12.1 Å². The van der Waals surface area contributed by atoms with Crippen LogP contribution in [0.2, 0.25) is 0 Å². The molecule has 1 aromatic rings. The largest absolute Gasteiger partial charge is 0.508 e. The van der Waals surface area contributed by atoms with Crippen molar-refractivity contribution in [3.8, 4) is 5.75 Å². The van der Waals surface area contributed by atoms with Crippen LogP contribution in [-0.2, 0) is 16.0 Å². The minimum absolute atomic E-state index is 0. The number of aromatic hydroxyl groups is 1. The number of hydrogen-bond donors (Lipinski definition) is 2. The molecule has 1 rings (SSSR count). The summed E-state index contributed by atoms with van der Waals surface area (Å²) in [4.78, 5) is 26.4. The van der Waals surface area contributed by atoms with E-state index < -0.39 is 23.5 Å². The van der Waals surface area contributed by atoms with E-state index in [1.165, 1.54) is 12.1 Å². The van der Waals surface area contributed by atoms with Crippen molar-refractivity contribution in [2.45, 2.75) is 38.8 Å². The molecule has 0 heterocycles. The second kappa shape index (κ2) is 9.82. The summed E-state index contributed by atoms with van der Waals surface area (Å²) in [5.74, 6) is -0.468. The summed E-state index contributed by atoms with van der Waals surface area (Å²) in [6.45, 7) is 5.12. The third-order valence-electron chi connectivity index (χ3n) is 2.60. The zero-order valence-electron chi connectivity index (χ0n) is 13.3. The molecule has 8 heteroatoms. The first kappa shape index (κ1) is 21.8. The molecular weight excluding hydrogens is 513 g/mol. The maximum absolute atomic E-state index is 11.9. The molecule has 7 nitrogen and oxygen atoms in total. The number of benzene rings is 1. The molecule has 0 aliphatic heterocycles. The van der Waals surface area contributed by atoms with Crippen LogP contribution in [0.5, 0.6) is 5.75 Å². The van der Waals surface area contributed by atoms with E-state index in [9.17, 15) is 14.7 Å². The summed E-state index contributed by atoms with van der Waals surface area (Å²) < 4.78 is 5.10. The van der Waals surface area contributed by atoms with Crippen molar-refractivity contribution < 1.29 is 68.3 Å². The monoisotopic (exact) mass is 532 g/mol. The predicted molar refractivity (Wildman–Crippen MR) is 79.7 cm³/mol. The van der Waals surface area contributed by atoms with Crippen molar-refractivity contribution in [3.05, 3.63) is 35.4 Å². The molecule has 0 aliphatic rings. The maximum Gasteiger partial charge on any atom is 0.408 e. The third kappa shape index (κ3) is 8.85. The fourth-order valence-electron chi connectivity index (χ4n) is 1.69. The number of Topliss-reactive ketones (excluding diaryl/α,β-unsaturated/α-hetero) is 1. The van der Waals surface area contributed by atoms with Crippen molar-refractivity contribution >= 4 is 18.1 Å². The van der Waals surface area contributed by atoms with Gasteiger partial charge in [-0.25, -0.2) is 4.79 Å². The Morgan fingerprint density at radius 3 is 2.39 bits per heavy atom. The molecule has 0 saturated carbocycles. The molecule has 0 saturated heterocycles. The first-order valence-electron chi connectivity index (χ1n) is 6.70. The molecule has 0 aromatic heterocycles. The Labute approximate surface area is 170 Å². The van der Waals surface area contributed by atoms with Crippen LogP contribution in [0.3, 0.4) is 0 Å². The first-order valence-corrected chi connectivity index (χ1v) is 6.70. The van der Waals surface area contributed by atoms with Crippen LogP contribution in [0, 0.1) is 44.1 Å². The Balaban J connectivity index is 0.00000484. The van der Waals surface area contributed by atoms with E-state index >= 15 is 0 Å². The molecule has 1 amide bonds. The molecule has 0 unspecified atom stereocenters. The minimum Gasteiger partial charge on any atom is -0.508 e. The van der Waals surface area contributed by atoms with Crippen LogP contribution in [-0.4, -0.2) is 39.6 Å². The number of alkyl carbamates (subject to hydrolysis) is 1. The minimum atomic E-state index is -0.935. The van der Waals surface area contributed by atoms with Gasteiger partial charge in [0.1, 0.15) is 17.4 Å². The van der Waals surface area contributed by atoms with Crippen LogP contribution in [0.1, 0.15) is 26.3 Å². The number of carbonyl (C=O) groups excluding carboxylic acids is 2. The van der Waals surface area contributed by atoms with Gasteiger partial charge < -0.3 is 20.7 Å². The number of nitrogens with one attached hydrogen (secondary N) is 1. The van der Waals surface area contributed by atoms with Gasteiger partial charge in [-0.05, 0) is 38.5 Å². The van der Waals surface area contributed by atoms with E-state index in [4.69, 9.17) is 10.3 Å². The number of carbonyl (C=O) groups is 2. The smallest absolute Gasteiger partial charge is 0.408 e. The Morgan fingerprint density at radius 1 is 1.35 bits per heavy atom. The van der Waals surface area contributed by atoms with E-state index in [-0.39, 0.29) is 56.2 Å². The molecule has 23 heavy (non-hydrogen) atoms. The maximum atomic E-state index is 11.9. The van der Waals surface area contributed by atoms with Gasteiger partial charge in [-0.15, -0.1) is 0 Å². The van der Waals surface area contributed by atoms with Gasteiger partial charge in [-0.3, -0.25) is 4.79 Å². The van der Waals surface area contributed by atoms with E-state index in [2.05, 4.69) is 10.1 Å². The van der Waals surface area contributed by atoms with E-state index in [0.29, 0.717) is 0 Å². The molecule has 1 aromatic carbocycles. The fraction of sp³-hybridized carbons (Fsp3) is 0.400. The SMILES string of the molecule is CC(C)(C)OC(=O)N[C@@H](Cc1ccc(O)cc1)C(=O)C=[N+]=[N-].[Ac]. The van der Waals surface area contributed by atoms with Gasteiger partial charge in [-0.2, -0.15) is 4.79 Å². The van der Waals surface area contributed by atoms with E-state index in [1.54, 1.807) is 32.9 Å². The molecular formula is C15H19AcN3O4. The normalized spacial score (nSPS) is 11.4. The molecule has 0 aliphatic carbocycles. The number of rotatable bonds is 5. The molecule has 1 radical (unpaired) electrons. The number of nitrogens with zero attached hydrogens (tertiary/aromatic N) is 2. The van der Waals surface area contributed by atoms with Crippen molar-refractivity contribution in [1.82, 2.24) is 5.32 Å². The van der Waals surface area contributed by atoms with E-state index in [0.717, 1.165) is 11.8 Å². The number of ketones is 1. The molecule has 1 atom stereocenters. The number of phenolic OH excluding ortho intramolecular Hbond substituents is 1. The van der Waals surface area contributed by atoms with Crippen molar-refractivity contribution in [1.29, 1.82) is 0 Å². The van der Waals surface area contributed by atoms with Crippen LogP contribution in [0.25, 0.3) is 5.53 Å². The summed E-state index contributed by atoms with van der Waals surface area (Å²) in [5.41, 5.74) is 8.51. The zero-order valence-corrected chi connectivity index (χ0v) is 18.1. The topological polar surface area (TPSA) is 112 Å². The quantitative estimate of drug-likeness (QED) is 0.342. The second-order valence-electron chi connectivity index (χ2n) is 5.72. The van der Waals surface area contributed by atoms with Crippen molar-refractivity contribution in [2.24, 2.45) is 0 Å². The number of amides is 1. The summed E-state index contributed by atoms with van der Waals surface area (Å²) in [6.07, 6.45) is 0.156. The van der Waals surface area contributed by atoms with Crippen LogP contribution >= 0.6 is 0 Å². The van der Waals surface area contributed by atoms with Gasteiger partial charge in [0, 0.05) is 50.5 Å². The average molecular weight is 532 g/mol. The predicted octanol–water partition coefficient (Wildman–Crippen LogP) is 1.70. The van der Waals surface area contributed by atoms with Crippen LogP contribution < -0.4 is 5.32 Å². The van der Waals surface area contributed by atoms with Gasteiger partial charge in [0.2, 0.25) is 0 Å². The zero-order chi connectivity index (χ0) is 16.8. The Bertz CT molecular complexity index is 590. The summed E-state index contributed by atoms with van der Waals surface area (Å²) in [6, 6.07) is 5.27. The summed E-state index contributed by atoms with van der Waals surface area (Å²) >= 11 is 0. The Kier molecular flexibility index (Phi) is 9.30. The third-order valence-corrected chi connectivity index (χ3v) is 2.60. The average Bonchev–Trinajstić information content (AvgIpc) is 2.38. The number of ether oxygens (including phenoxy) is 1. The Hall–Kier alpha value is -1.22. The van der Waals surface area contributed by atoms with Crippen molar-refractivity contribution in [2.75, 3.05) is 0 Å². The standard InChI is InChI=1S/C15H19N3O4.Ac/c1-15(2,3)22-14(21)18-12(13(20)9-17-16)8-10-4-6-11(19)7-5-10;/h4-7,9,12,19H,8H2,1-3H3,(H,18,21);/t12-;/m0./s1. The Morgan fingerprint density at radius 2 is 1.91 bits per heavy atom. The first-order chi connectivity index (χ1) is 10.2. The number of phenols is 1. The molecule has 0 spiro atoms. The van der Waals surface area contributed by atoms with Gasteiger partial charge in [0.15, 0.2) is 0 Å². The molecule has 2 N–H and O–H groups in total. The molecule has 0 fully saturated rings. The summed E-state index contributed by atoms with van der Waals surface area (Å²) in [5, 5.41) is 11.7. The molecule has 121 valence electrons.